The molecule has 0 radical (unpaired) electrons. The molecular weight excluding hydrogens is 152 g/mol. The molecule has 0 N–H and O–H groups in total. The molecule has 0 fully saturated rings. The predicted molar refractivity (Wildman–Crippen MR) is 47.3 cm³/mol. The third-order valence-corrected chi connectivity index (χ3v) is 1.83. The summed E-state index contributed by atoms with van der Waals surface area (Å²) < 4.78 is 6.95. The van der Waals surface area contributed by atoms with Crippen LogP contribution < -0.4 is 4.74 Å². The van der Waals surface area contributed by atoms with E-state index in [9.17, 15) is 0 Å². The first kappa shape index (κ1) is 7.16. The lowest BCUT2D eigenvalue weighted by Crippen LogP contribution is -1.87. The second-order valence-electron chi connectivity index (χ2n) is 2.70. The van der Waals surface area contributed by atoms with Gasteiger partial charge in [0.15, 0.2) is 0 Å². The van der Waals surface area contributed by atoms with Gasteiger partial charge in [-0.05, 0) is 6.07 Å². The van der Waals surface area contributed by atoms with Gasteiger partial charge in [-0.1, -0.05) is 12.1 Å². The van der Waals surface area contributed by atoms with Crippen molar-refractivity contribution in [1.29, 1.82) is 0 Å². The average molecular weight is 162 g/mol. The Kier molecular flexibility index (Phi) is 1.50. The molecule has 62 valence electrons. The summed E-state index contributed by atoms with van der Waals surface area (Å²) in [6.45, 7) is 0. The molecule has 0 aliphatic carbocycles. The van der Waals surface area contributed by atoms with E-state index in [-0.39, 0.29) is 0 Å². The fourth-order valence-corrected chi connectivity index (χ4v) is 1.30. The normalized spacial score (nSPS) is 10.5. The number of benzene rings is 1. The summed E-state index contributed by atoms with van der Waals surface area (Å²) in [6.07, 6.45) is 1.97. The van der Waals surface area contributed by atoms with Gasteiger partial charge in [-0.15, -0.1) is 0 Å². The Bertz CT molecular complexity index is 406. The molecule has 0 saturated carbocycles. The summed E-state index contributed by atoms with van der Waals surface area (Å²) in [6, 6.07) is 5.89. The Morgan fingerprint density at radius 2 is 2.25 bits per heavy atom. The van der Waals surface area contributed by atoms with Crippen LogP contribution in [0.3, 0.4) is 0 Å². The molecule has 1 heterocycles. The maximum absolute atomic E-state index is 5.16. The van der Waals surface area contributed by atoms with E-state index in [4.69, 9.17) is 4.74 Å². The zero-order chi connectivity index (χ0) is 8.55. The van der Waals surface area contributed by atoms with Gasteiger partial charge in [-0.25, -0.2) is 0 Å². The van der Waals surface area contributed by atoms with Crippen molar-refractivity contribution in [2.45, 2.75) is 0 Å². The van der Waals surface area contributed by atoms with Crippen molar-refractivity contribution in [2.75, 3.05) is 7.11 Å². The molecule has 0 spiro atoms. The van der Waals surface area contributed by atoms with E-state index in [0.29, 0.717) is 0 Å². The summed E-state index contributed by atoms with van der Waals surface area (Å²) in [5, 5.41) is 5.38. The van der Waals surface area contributed by atoms with Crippen LogP contribution in [0.15, 0.2) is 24.4 Å². The molecule has 0 aliphatic rings. The molecule has 0 saturated heterocycles. The lowest BCUT2D eigenvalue weighted by atomic mass is 10.2. The van der Waals surface area contributed by atoms with Crippen LogP contribution in [-0.4, -0.2) is 16.9 Å². The Hall–Kier alpha value is -1.51. The first-order chi connectivity index (χ1) is 5.81. The molecule has 2 rings (SSSR count). The second kappa shape index (κ2) is 2.52. The molecule has 2 aromatic rings. The molecule has 12 heavy (non-hydrogen) atoms. The topological polar surface area (TPSA) is 27.1 Å². The molecule has 0 aliphatic heterocycles. The number of aryl methyl sites for hydroxylation is 1. The first-order valence-corrected chi connectivity index (χ1v) is 3.77. The Morgan fingerprint density at radius 3 is 3.00 bits per heavy atom. The number of methoxy groups -OCH3 is 1. The van der Waals surface area contributed by atoms with E-state index in [1.54, 1.807) is 11.8 Å². The number of aromatic nitrogens is 2. The lowest BCUT2D eigenvalue weighted by molar-refractivity contribution is 0.418. The number of hydrogen-bond acceptors (Lipinski definition) is 2. The zero-order valence-electron chi connectivity index (χ0n) is 7.11. The highest BCUT2D eigenvalue weighted by molar-refractivity contribution is 5.83. The molecule has 3 nitrogen and oxygen atoms in total. The molecule has 1 aromatic heterocycles. The van der Waals surface area contributed by atoms with E-state index in [2.05, 4.69) is 5.10 Å². The van der Waals surface area contributed by atoms with E-state index >= 15 is 0 Å². The van der Waals surface area contributed by atoms with Crippen LogP contribution in [-0.2, 0) is 7.05 Å². The van der Waals surface area contributed by atoms with Crippen molar-refractivity contribution >= 4 is 10.9 Å². The van der Waals surface area contributed by atoms with E-state index in [1.165, 1.54) is 0 Å². The molecular formula is C9H10N2O. The quantitative estimate of drug-likeness (QED) is 0.636. The van der Waals surface area contributed by atoms with Crippen LogP contribution in [0.5, 0.6) is 5.75 Å². The highest BCUT2D eigenvalue weighted by Gasteiger charge is 2.02. The van der Waals surface area contributed by atoms with Crippen molar-refractivity contribution in [3.8, 4) is 5.75 Å². The van der Waals surface area contributed by atoms with Gasteiger partial charge in [0.2, 0.25) is 0 Å². The number of fused-ring (bicyclic) bond motifs is 1. The van der Waals surface area contributed by atoms with Gasteiger partial charge in [0.05, 0.1) is 7.11 Å². The molecule has 0 amide bonds. The van der Waals surface area contributed by atoms with Crippen molar-refractivity contribution in [3.63, 3.8) is 0 Å². The average Bonchev–Trinajstić information content (AvgIpc) is 2.44. The van der Waals surface area contributed by atoms with Gasteiger partial charge in [0.25, 0.3) is 0 Å². The SMILES string of the molecule is COc1cccc2cn(C)nc12. The van der Waals surface area contributed by atoms with Gasteiger partial charge in [-0.3, -0.25) is 4.68 Å². The minimum atomic E-state index is 0.827. The molecule has 0 unspecified atom stereocenters. The lowest BCUT2D eigenvalue weighted by Gasteiger charge is -1.97. The van der Waals surface area contributed by atoms with Gasteiger partial charge in [0, 0.05) is 18.6 Å². The Morgan fingerprint density at radius 1 is 1.42 bits per heavy atom. The summed E-state index contributed by atoms with van der Waals surface area (Å²) in [5.41, 5.74) is 0.919. The highest BCUT2D eigenvalue weighted by Crippen LogP contribution is 2.22. The smallest absolute Gasteiger partial charge is 0.146 e. The van der Waals surface area contributed by atoms with Crippen LogP contribution in [0.1, 0.15) is 0 Å². The number of hydrogen-bond donors (Lipinski definition) is 0. The minimum Gasteiger partial charge on any atom is -0.494 e. The van der Waals surface area contributed by atoms with E-state index in [0.717, 1.165) is 16.7 Å². The molecule has 0 bridgehead atoms. The van der Waals surface area contributed by atoms with Crippen LogP contribution in [0.25, 0.3) is 10.9 Å². The van der Waals surface area contributed by atoms with Gasteiger partial charge in [0.1, 0.15) is 11.3 Å². The minimum absolute atomic E-state index is 0.827. The van der Waals surface area contributed by atoms with Crippen LogP contribution in [0, 0.1) is 0 Å². The van der Waals surface area contributed by atoms with Crippen molar-refractivity contribution in [1.82, 2.24) is 9.78 Å². The van der Waals surface area contributed by atoms with Crippen LogP contribution >= 0.6 is 0 Å². The number of rotatable bonds is 1. The molecule has 1 aromatic carbocycles. The summed E-state index contributed by atoms with van der Waals surface area (Å²) >= 11 is 0. The van der Waals surface area contributed by atoms with Crippen molar-refractivity contribution in [3.05, 3.63) is 24.4 Å². The van der Waals surface area contributed by atoms with Crippen LogP contribution in [0.2, 0.25) is 0 Å². The van der Waals surface area contributed by atoms with E-state index < -0.39 is 0 Å². The molecule has 0 atom stereocenters. The maximum atomic E-state index is 5.16. The van der Waals surface area contributed by atoms with Crippen molar-refractivity contribution in [2.24, 2.45) is 7.05 Å². The highest BCUT2D eigenvalue weighted by atomic mass is 16.5. The Labute approximate surface area is 70.6 Å². The predicted octanol–water partition coefficient (Wildman–Crippen LogP) is 1.58. The van der Waals surface area contributed by atoms with Gasteiger partial charge in [-0.2, -0.15) is 5.10 Å². The Balaban J connectivity index is 2.78. The summed E-state index contributed by atoms with van der Waals surface area (Å²) in [4.78, 5) is 0. The van der Waals surface area contributed by atoms with Gasteiger partial charge < -0.3 is 4.74 Å². The summed E-state index contributed by atoms with van der Waals surface area (Å²) in [7, 11) is 3.56. The summed E-state index contributed by atoms with van der Waals surface area (Å²) in [5.74, 6) is 0.827. The number of nitrogens with zero attached hydrogens (tertiary/aromatic N) is 2. The monoisotopic (exact) mass is 162 g/mol. The largest absolute Gasteiger partial charge is 0.494 e. The van der Waals surface area contributed by atoms with Crippen molar-refractivity contribution < 1.29 is 4.74 Å². The third kappa shape index (κ3) is 0.942. The van der Waals surface area contributed by atoms with Crippen LogP contribution in [0.4, 0.5) is 0 Å². The fourth-order valence-electron chi connectivity index (χ4n) is 1.30. The fraction of sp³-hybridized carbons (Fsp3) is 0.222. The van der Waals surface area contributed by atoms with Gasteiger partial charge >= 0.3 is 0 Å². The first-order valence-electron chi connectivity index (χ1n) is 3.77. The molecule has 3 heteroatoms. The third-order valence-electron chi connectivity index (χ3n) is 1.83. The standard InChI is InChI=1S/C9H10N2O/c1-11-6-7-4-3-5-8(12-2)9(7)10-11/h3-6H,1-2H3. The van der Waals surface area contributed by atoms with E-state index in [1.807, 2.05) is 31.4 Å². The zero-order valence-corrected chi connectivity index (χ0v) is 7.11. The second-order valence-corrected chi connectivity index (χ2v) is 2.70. The maximum Gasteiger partial charge on any atom is 0.146 e. The number of ether oxygens (including phenoxy) is 1.